The molecule has 0 aliphatic heterocycles. The normalized spacial score (nSPS) is 13.2. The molecule has 1 nitrogen and oxygen atoms in total. The molecule has 92 valence electrons. The summed E-state index contributed by atoms with van der Waals surface area (Å²) in [4.78, 5) is 0. The highest BCUT2D eigenvalue weighted by Crippen LogP contribution is 2.42. The molecule has 0 aromatic rings. The van der Waals surface area contributed by atoms with Gasteiger partial charge in [0.2, 0.25) is 0 Å². The Morgan fingerprint density at radius 1 is 0.933 bits per heavy atom. The number of hydrogen-bond acceptors (Lipinski definition) is 1. The van der Waals surface area contributed by atoms with Crippen LogP contribution >= 0.6 is 15.9 Å². The topological polar surface area (TPSA) is 9.23 Å². The monoisotopic (exact) mass is 294 g/mol. The molecule has 0 atom stereocenters. The average Bonchev–Trinajstić information content (AvgIpc) is 2.10. The summed E-state index contributed by atoms with van der Waals surface area (Å²) in [6.07, 6.45) is 1.13. The lowest BCUT2D eigenvalue weighted by Crippen LogP contribution is -2.48. The van der Waals surface area contributed by atoms with Crippen LogP contribution in [-0.2, 0) is 4.43 Å². The van der Waals surface area contributed by atoms with E-state index < -0.39 is 8.32 Å². The molecule has 0 aliphatic carbocycles. The maximum Gasteiger partial charge on any atom is 0.200 e. The second kappa shape index (κ2) is 7.07. The average molecular weight is 295 g/mol. The highest BCUT2D eigenvalue weighted by atomic mass is 79.9. The summed E-state index contributed by atoms with van der Waals surface area (Å²) in [6, 6.07) is 0. The van der Waals surface area contributed by atoms with Crippen LogP contribution in [0.3, 0.4) is 0 Å². The molecule has 0 rings (SSSR count). The molecule has 0 unspecified atom stereocenters. The summed E-state index contributed by atoms with van der Waals surface area (Å²) in [5.74, 6) is 0. The van der Waals surface area contributed by atoms with Gasteiger partial charge < -0.3 is 4.43 Å². The van der Waals surface area contributed by atoms with Gasteiger partial charge in [0, 0.05) is 11.9 Å². The van der Waals surface area contributed by atoms with E-state index in [1.54, 1.807) is 0 Å². The first-order chi connectivity index (χ1) is 6.89. The molecule has 0 saturated heterocycles. The van der Waals surface area contributed by atoms with E-state index in [0.717, 1.165) is 18.4 Å². The van der Waals surface area contributed by atoms with Crippen LogP contribution in [0.5, 0.6) is 0 Å². The van der Waals surface area contributed by atoms with Gasteiger partial charge in [-0.1, -0.05) is 57.5 Å². The van der Waals surface area contributed by atoms with Crippen LogP contribution in [0.25, 0.3) is 0 Å². The lowest BCUT2D eigenvalue weighted by atomic mass is 10.5. The van der Waals surface area contributed by atoms with Gasteiger partial charge in [0.25, 0.3) is 0 Å². The van der Waals surface area contributed by atoms with Gasteiger partial charge in [0.1, 0.15) is 0 Å². The Morgan fingerprint density at radius 3 is 1.60 bits per heavy atom. The lowest BCUT2D eigenvalue weighted by Gasteiger charge is -2.42. The zero-order valence-corrected chi connectivity index (χ0v) is 13.7. The third-order valence-corrected chi connectivity index (χ3v) is 10.0. The predicted octanol–water partition coefficient (Wildman–Crippen LogP) is 4.96. The second-order valence-electron chi connectivity index (χ2n) is 5.21. The van der Waals surface area contributed by atoms with Gasteiger partial charge in [0.15, 0.2) is 8.32 Å². The van der Waals surface area contributed by atoms with Crippen LogP contribution in [0.4, 0.5) is 0 Å². The second-order valence-corrected chi connectivity index (χ2v) is 11.5. The minimum Gasteiger partial charge on any atom is -0.416 e. The zero-order chi connectivity index (χ0) is 12.1. The maximum absolute atomic E-state index is 6.36. The molecule has 0 amide bonds. The minimum atomic E-state index is -1.59. The van der Waals surface area contributed by atoms with Crippen LogP contribution in [-0.4, -0.2) is 20.3 Å². The standard InChI is InChI=1S/C12H27BrOSi/c1-10(2)15(11(3)4,12(5)6)14-9-7-8-13/h10-12H,7-9H2,1-6H3. The maximum atomic E-state index is 6.36. The van der Waals surface area contributed by atoms with Crippen molar-refractivity contribution in [1.29, 1.82) is 0 Å². The fraction of sp³-hybridized carbons (Fsp3) is 1.00. The van der Waals surface area contributed by atoms with Crippen molar-refractivity contribution in [2.75, 3.05) is 11.9 Å². The van der Waals surface area contributed by atoms with E-state index in [2.05, 4.69) is 57.5 Å². The molecule has 3 heteroatoms. The van der Waals surface area contributed by atoms with Crippen LogP contribution in [0.2, 0.25) is 16.6 Å². The van der Waals surface area contributed by atoms with Gasteiger partial charge in [-0.2, -0.15) is 0 Å². The Morgan fingerprint density at radius 2 is 1.33 bits per heavy atom. The van der Waals surface area contributed by atoms with Crippen molar-refractivity contribution in [2.45, 2.75) is 64.6 Å². The number of hydrogen-bond donors (Lipinski definition) is 0. The summed E-state index contributed by atoms with van der Waals surface area (Å²) >= 11 is 3.46. The lowest BCUT2D eigenvalue weighted by molar-refractivity contribution is 0.279. The van der Waals surface area contributed by atoms with Crippen molar-refractivity contribution in [2.24, 2.45) is 0 Å². The molecule has 0 aromatic carbocycles. The SMILES string of the molecule is CC(C)[Si](OCCCBr)(C(C)C)C(C)C. The number of alkyl halides is 1. The van der Waals surface area contributed by atoms with E-state index in [1.165, 1.54) is 0 Å². The summed E-state index contributed by atoms with van der Waals surface area (Å²) in [7, 11) is -1.59. The quantitative estimate of drug-likeness (QED) is 0.366. The molecule has 0 bridgehead atoms. The third kappa shape index (κ3) is 3.86. The van der Waals surface area contributed by atoms with E-state index in [1.807, 2.05) is 0 Å². The summed E-state index contributed by atoms with van der Waals surface area (Å²) in [5.41, 5.74) is 2.11. The molecular formula is C12H27BrOSi. The van der Waals surface area contributed by atoms with Gasteiger partial charge in [-0.15, -0.1) is 0 Å². The highest BCUT2D eigenvalue weighted by molar-refractivity contribution is 9.09. The minimum absolute atomic E-state index is 0.702. The molecule has 0 fully saturated rings. The van der Waals surface area contributed by atoms with Crippen LogP contribution in [0, 0.1) is 0 Å². The van der Waals surface area contributed by atoms with E-state index in [0.29, 0.717) is 16.6 Å². The molecule has 0 N–H and O–H groups in total. The van der Waals surface area contributed by atoms with Crippen molar-refractivity contribution >= 4 is 24.2 Å². The van der Waals surface area contributed by atoms with E-state index in [9.17, 15) is 0 Å². The van der Waals surface area contributed by atoms with Gasteiger partial charge in [-0.3, -0.25) is 0 Å². The van der Waals surface area contributed by atoms with Crippen LogP contribution in [0.15, 0.2) is 0 Å². The van der Waals surface area contributed by atoms with Crippen molar-refractivity contribution in [3.8, 4) is 0 Å². The van der Waals surface area contributed by atoms with Crippen molar-refractivity contribution in [3.63, 3.8) is 0 Å². The van der Waals surface area contributed by atoms with E-state index in [-0.39, 0.29) is 0 Å². The molecule has 0 aliphatic rings. The van der Waals surface area contributed by atoms with Crippen molar-refractivity contribution in [1.82, 2.24) is 0 Å². The van der Waals surface area contributed by atoms with Gasteiger partial charge in [-0.25, -0.2) is 0 Å². The summed E-state index contributed by atoms with van der Waals surface area (Å²) < 4.78 is 6.36. The molecule has 0 heterocycles. The van der Waals surface area contributed by atoms with Gasteiger partial charge in [0.05, 0.1) is 0 Å². The Balaban J connectivity index is 4.65. The first-order valence-electron chi connectivity index (χ1n) is 6.09. The predicted molar refractivity (Wildman–Crippen MR) is 75.4 cm³/mol. The Labute approximate surface area is 105 Å². The number of halogens is 1. The summed E-state index contributed by atoms with van der Waals surface area (Å²) in [6.45, 7) is 14.9. The van der Waals surface area contributed by atoms with Gasteiger partial charge in [-0.05, 0) is 23.0 Å². The van der Waals surface area contributed by atoms with Crippen LogP contribution in [0.1, 0.15) is 48.0 Å². The Kier molecular flexibility index (Phi) is 7.38. The Hall–Kier alpha value is 0.657. The molecule has 0 aromatic heterocycles. The summed E-state index contributed by atoms with van der Waals surface area (Å²) in [5, 5.41) is 1.05. The fourth-order valence-corrected chi connectivity index (χ4v) is 8.53. The third-order valence-electron chi connectivity index (χ3n) is 3.34. The molecule has 15 heavy (non-hydrogen) atoms. The molecule has 0 spiro atoms. The fourth-order valence-electron chi connectivity index (χ4n) is 2.80. The van der Waals surface area contributed by atoms with Crippen molar-refractivity contribution in [3.05, 3.63) is 0 Å². The smallest absolute Gasteiger partial charge is 0.200 e. The molecular weight excluding hydrogens is 268 g/mol. The number of rotatable bonds is 7. The van der Waals surface area contributed by atoms with Gasteiger partial charge >= 0.3 is 0 Å². The van der Waals surface area contributed by atoms with E-state index >= 15 is 0 Å². The highest BCUT2D eigenvalue weighted by Gasteiger charge is 2.44. The van der Waals surface area contributed by atoms with Crippen LogP contribution < -0.4 is 0 Å². The largest absolute Gasteiger partial charge is 0.416 e. The van der Waals surface area contributed by atoms with Crippen molar-refractivity contribution < 1.29 is 4.43 Å². The molecule has 0 saturated carbocycles. The Bertz CT molecular complexity index is 147. The first kappa shape index (κ1) is 15.7. The first-order valence-corrected chi connectivity index (χ1v) is 9.35. The zero-order valence-electron chi connectivity index (χ0n) is 11.1. The molecule has 0 radical (unpaired) electrons. The van der Waals surface area contributed by atoms with E-state index in [4.69, 9.17) is 4.43 Å².